The number of hydrogen-bond donors (Lipinski definition) is 1. The van der Waals surface area contributed by atoms with Crippen LogP contribution < -0.4 is 15.2 Å². The van der Waals surface area contributed by atoms with Gasteiger partial charge in [0, 0.05) is 95.4 Å². The summed E-state index contributed by atoms with van der Waals surface area (Å²) in [4.78, 5) is 52.3. The van der Waals surface area contributed by atoms with Crippen molar-refractivity contribution in [3.63, 3.8) is 0 Å². The molecule has 3 unspecified atom stereocenters. The highest BCUT2D eigenvalue weighted by Crippen LogP contribution is 2.29. The SMILES string of the molecule is CC1=NCc2ncc(-c3cncc(CC4CCN(C)C4)n3)cc21.CN1CCC(N)C1.COc1ccc(Cn2nc(C)c3cc(-c4cncc(CC5CCN(C)C5)n4)cnc32)cc1.COc1ccc(Cn2nc(C)c3cc(-c4cncc(Cl)n4)cnc32)cc1. The third kappa shape index (κ3) is 15.2. The summed E-state index contributed by atoms with van der Waals surface area (Å²) >= 11 is 5.94. The number of nitrogens with zero attached hydrogens (tertiary/aromatic N) is 17. The largest absolute Gasteiger partial charge is 0.497 e. The number of nitrogens with two attached hydrogens (primary N) is 1. The molecule has 3 saturated heterocycles. The Balaban J connectivity index is 0.000000130. The summed E-state index contributed by atoms with van der Waals surface area (Å²) in [5.41, 5.74) is 22.2. The van der Waals surface area contributed by atoms with E-state index >= 15 is 0 Å². The molecule has 454 valence electrons. The van der Waals surface area contributed by atoms with Crippen LogP contribution in [0.3, 0.4) is 0 Å². The number of likely N-dealkylation sites (N-methyl/N-ethyl adjacent to an activating group) is 1. The van der Waals surface area contributed by atoms with Crippen LogP contribution in [0.25, 0.3) is 55.8 Å². The second kappa shape index (κ2) is 28.1. The van der Waals surface area contributed by atoms with Crippen LogP contribution >= 0.6 is 11.6 Å². The first-order valence-electron chi connectivity index (χ1n) is 30.0. The number of ether oxygens (including phenoxy) is 2. The first-order valence-corrected chi connectivity index (χ1v) is 30.4. The Morgan fingerprint density at radius 2 is 0.989 bits per heavy atom. The van der Waals surface area contributed by atoms with Gasteiger partial charge in [0.25, 0.3) is 0 Å². The second-order valence-electron chi connectivity index (χ2n) is 23.6. The zero-order chi connectivity index (χ0) is 61.3. The number of aromatic nitrogens is 13. The van der Waals surface area contributed by atoms with E-state index in [2.05, 4.69) is 100 Å². The Bertz CT molecular complexity index is 4030. The summed E-state index contributed by atoms with van der Waals surface area (Å²) < 4.78 is 14.3. The van der Waals surface area contributed by atoms with Crippen LogP contribution in [0.5, 0.6) is 11.5 Å². The number of likely N-dealkylation sites (tertiary alicyclic amines) is 3. The Morgan fingerprint density at radius 1 is 0.534 bits per heavy atom. The molecule has 8 aromatic heterocycles. The van der Waals surface area contributed by atoms with Gasteiger partial charge in [0.15, 0.2) is 11.3 Å². The smallest absolute Gasteiger partial charge is 0.158 e. The third-order valence-electron chi connectivity index (χ3n) is 16.6. The number of methoxy groups -OCH3 is 2. The predicted molar refractivity (Wildman–Crippen MR) is 346 cm³/mol. The zero-order valence-electron chi connectivity index (χ0n) is 51.6. The molecule has 14 rings (SSSR count). The molecule has 0 radical (unpaired) electrons. The van der Waals surface area contributed by atoms with E-state index in [1.54, 1.807) is 26.6 Å². The molecule has 20 nitrogen and oxygen atoms in total. The molecule has 12 heterocycles. The van der Waals surface area contributed by atoms with E-state index in [1.807, 2.05) is 110 Å². The standard InChI is InChI=1S/C25H28N6O.C19H16ClN5O.C18H21N5.C5H12N2/c1-17-23-11-20(24-14-26-13-21(28-24)10-19-8-9-30(2)15-19)12-27-25(23)31(29-17)16-18-4-6-22(32-3)7-5-18;1-12-16-7-14(17-9-21-10-18(20)23-17)8-22-19(16)25(24-12)11-13-3-5-15(26-2)6-4-13;1-12-16-6-14(7-21-18(16)10-20-12)17-9-19-8-15(22-17)5-13-3-4-23(2)11-13;1-7-3-2-5(6)4-7/h4-7,11-14,19H,8-10,15-16H2,1-3H3;3-10H,11H2,1-2H3;6-9,13H,3-5,10-11H2,1-2H3;5H,2-4,6H2,1H3. The van der Waals surface area contributed by atoms with Crippen LogP contribution in [0.2, 0.25) is 5.15 Å². The highest BCUT2D eigenvalue weighted by Gasteiger charge is 2.23. The van der Waals surface area contributed by atoms with Gasteiger partial charge in [-0.25, -0.2) is 34.3 Å². The minimum absolute atomic E-state index is 0.356. The van der Waals surface area contributed by atoms with Gasteiger partial charge < -0.3 is 29.9 Å². The van der Waals surface area contributed by atoms with E-state index < -0.39 is 0 Å². The van der Waals surface area contributed by atoms with Gasteiger partial charge in [-0.05, 0) is 159 Å². The van der Waals surface area contributed by atoms with Crippen LogP contribution in [0, 0.1) is 25.7 Å². The molecule has 4 aliphatic heterocycles. The highest BCUT2D eigenvalue weighted by atomic mass is 35.5. The Labute approximate surface area is 519 Å². The maximum absolute atomic E-state index is 5.94. The maximum atomic E-state index is 5.94. The molecule has 3 atom stereocenters. The number of aryl methyl sites for hydroxylation is 2. The van der Waals surface area contributed by atoms with Crippen molar-refractivity contribution in [1.29, 1.82) is 0 Å². The molecule has 0 bridgehead atoms. The van der Waals surface area contributed by atoms with Gasteiger partial charge in [0.05, 0.1) is 104 Å². The van der Waals surface area contributed by atoms with E-state index in [0.717, 1.165) is 152 Å². The molecule has 2 aromatic carbocycles. The first kappa shape index (κ1) is 61.1. The number of fused-ring (bicyclic) bond motifs is 3. The summed E-state index contributed by atoms with van der Waals surface area (Å²) in [6.07, 6.45) is 21.8. The molecule has 10 aromatic rings. The van der Waals surface area contributed by atoms with Gasteiger partial charge in [0.1, 0.15) is 16.7 Å². The van der Waals surface area contributed by atoms with Crippen LogP contribution in [0.15, 0.2) is 127 Å². The number of halogens is 1. The molecule has 88 heavy (non-hydrogen) atoms. The molecule has 3 fully saturated rings. The zero-order valence-corrected chi connectivity index (χ0v) is 52.3. The fraction of sp³-hybridized carbons (Fsp3) is 0.373. The van der Waals surface area contributed by atoms with Crippen molar-refractivity contribution in [3.8, 4) is 45.3 Å². The second-order valence-corrected chi connectivity index (χ2v) is 24.0. The maximum Gasteiger partial charge on any atom is 0.158 e. The van der Waals surface area contributed by atoms with Gasteiger partial charge in [-0.1, -0.05) is 35.9 Å². The molecule has 21 heteroatoms. The van der Waals surface area contributed by atoms with Gasteiger partial charge >= 0.3 is 0 Å². The molecular formula is C67H77ClN18O2. The average molecular weight is 1200 g/mol. The number of pyridine rings is 3. The number of aliphatic imine (C=N–C) groups is 1. The normalized spacial score (nSPS) is 17.4. The Kier molecular flexibility index (Phi) is 19.5. The lowest BCUT2D eigenvalue weighted by atomic mass is 10.0. The van der Waals surface area contributed by atoms with Crippen molar-refractivity contribution in [2.75, 3.05) is 74.6 Å². The topological polar surface area (TPSA) is 218 Å². The molecule has 0 amide bonds. The molecule has 0 spiro atoms. The van der Waals surface area contributed by atoms with Crippen molar-refractivity contribution in [2.45, 2.75) is 78.6 Å². The van der Waals surface area contributed by atoms with Gasteiger partial charge in [0.2, 0.25) is 0 Å². The third-order valence-corrected chi connectivity index (χ3v) is 16.8. The van der Waals surface area contributed by atoms with Gasteiger partial charge in [-0.15, -0.1) is 0 Å². The molecule has 4 aliphatic rings. The number of rotatable bonds is 13. The van der Waals surface area contributed by atoms with Crippen molar-refractivity contribution >= 4 is 39.4 Å². The average Bonchev–Trinajstić information content (AvgIpc) is 3.92. The van der Waals surface area contributed by atoms with Crippen molar-refractivity contribution < 1.29 is 9.47 Å². The van der Waals surface area contributed by atoms with Crippen LogP contribution in [-0.2, 0) is 32.5 Å². The van der Waals surface area contributed by atoms with Crippen molar-refractivity contribution in [1.82, 2.24) is 79.1 Å². The summed E-state index contributed by atoms with van der Waals surface area (Å²) in [5.74, 6) is 3.03. The predicted octanol–water partition coefficient (Wildman–Crippen LogP) is 9.66. The van der Waals surface area contributed by atoms with E-state index in [4.69, 9.17) is 46.9 Å². The number of benzene rings is 2. The van der Waals surface area contributed by atoms with Crippen molar-refractivity contribution in [2.24, 2.45) is 22.6 Å². The first-order chi connectivity index (χ1) is 42.7. The van der Waals surface area contributed by atoms with E-state index in [1.165, 1.54) is 38.5 Å². The van der Waals surface area contributed by atoms with Crippen LogP contribution in [0.4, 0.5) is 0 Å². The lowest BCUT2D eigenvalue weighted by molar-refractivity contribution is 0.393. The summed E-state index contributed by atoms with van der Waals surface area (Å²) in [6, 6.07) is 22.7. The summed E-state index contributed by atoms with van der Waals surface area (Å²) in [7, 11) is 9.80. The van der Waals surface area contributed by atoms with E-state index in [0.29, 0.717) is 48.4 Å². The number of hydrogen-bond acceptors (Lipinski definition) is 18. The molecule has 2 N–H and O–H groups in total. The highest BCUT2D eigenvalue weighted by molar-refractivity contribution is 6.29. The lowest BCUT2D eigenvalue weighted by Crippen LogP contribution is -2.23. The fourth-order valence-corrected chi connectivity index (χ4v) is 11.9. The lowest BCUT2D eigenvalue weighted by Gasteiger charge is -2.10. The minimum atomic E-state index is 0.356. The summed E-state index contributed by atoms with van der Waals surface area (Å²) in [5, 5.41) is 11.8. The Morgan fingerprint density at radius 3 is 1.42 bits per heavy atom. The summed E-state index contributed by atoms with van der Waals surface area (Å²) in [6.45, 7) is 14.9. The Hall–Kier alpha value is -8.53. The minimum Gasteiger partial charge on any atom is -0.497 e. The quantitative estimate of drug-likeness (QED) is 0.114. The van der Waals surface area contributed by atoms with Gasteiger partial charge in [-0.2, -0.15) is 10.2 Å². The van der Waals surface area contributed by atoms with Crippen LogP contribution in [-0.4, -0.2) is 166 Å². The molecular weight excluding hydrogens is 1120 g/mol. The van der Waals surface area contributed by atoms with Crippen LogP contribution in [0.1, 0.15) is 71.3 Å². The van der Waals surface area contributed by atoms with Gasteiger partial charge in [-0.3, -0.25) is 24.9 Å². The van der Waals surface area contributed by atoms with E-state index in [-0.39, 0.29) is 0 Å². The van der Waals surface area contributed by atoms with Crippen molar-refractivity contribution in [3.05, 3.63) is 173 Å². The monoisotopic (exact) mass is 1200 g/mol. The molecule has 0 saturated carbocycles. The fourth-order valence-electron chi connectivity index (χ4n) is 11.8. The molecule has 0 aliphatic carbocycles. The van der Waals surface area contributed by atoms with E-state index in [9.17, 15) is 0 Å².